The second-order valence-corrected chi connectivity index (χ2v) is 13.0. The molecule has 2 bridgehead atoms. The Kier molecular flexibility index (Phi) is 7.11. The fourth-order valence-electron chi connectivity index (χ4n) is 5.40. The van der Waals surface area contributed by atoms with Gasteiger partial charge in [0.1, 0.15) is 54.5 Å². The van der Waals surface area contributed by atoms with E-state index in [9.17, 15) is 28.8 Å². The van der Waals surface area contributed by atoms with Crippen molar-refractivity contribution in [3.05, 3.63) is 35.3 Å². The van der Waals surface area contributed by atoms with E-state index in [1.54, 1.807) is 16.8 Å². The number of hydrogen-bond donors (Lipinski definition) is 6. The summed E-state index contributed by atoms with van der Waals surface area (Å²) < 4.78 is 62.0. The molecule has 3 aliphatic rings. The number of H-pyrrole nitrogens is 1. The number of aromatic nitrogens is 7. The molecule has 3 aliphatic heterocycles. The number of phosphoric ester groups is 2. The van der Waals surface area contributed by atoms with Gasteiger partial charge in [0, 0.05) is 12.6 Å². The second-order valence-electron chi connectivity index (χ2n) is 10.2. The Bertz CT molecular complexity index is 1900. The van der Waals surface area contributed by atoms with Crippen LogP contribution >= 0.6 is 15.6 Å². The number of nitrogens with zero attached hydrogens (tertiary/aromatic N) is 6. The van der Waals surface area contributed by atoms with Gasteiger partial charge in [-0.2, -0.15) is 4.98 Å². The van der Waals surface area contributed by atoms with E-state index < -0.39 is 77.4 Å². The van der Waals surface area contributed by atoms with Gasteiger partial charge in [0.2, 0.25) is 5.95 Å². The number of fused-ring (bicyclic) bond motifs is 5. The van der Waals surface area contributed by atoms with Crippen LogP contribution in [-0.4, -0.2) is 92.7 Å². The zero-order valence-corrected chi connectivity index (χ0v) is 24.0. The van der Waals surface area contributed by atoms with Gasteiger partial charge in [-0.3, -0.25) is 32.4 Å². The maximum atomic E-state index is 13.2. The summed E-state index contributed by atoms with van der Waals surface area (Å²) in [5, 5.41) is 11.5. The number of nitrogen functional groups attached to an aromatic ring is 2. The lowest BCUT2D eigenvalue weighted by atomic mass is 10.1. The predicted octanol–water partition coefficient (Wildman–Crippen LogP) is -0.707. The molecule has 44 heavy (non-hydrogen) atoms. The summed E-state index contributed by atoms with van der Waals surface area (Å²) in [6.45, 7) is -1.37. The molecule has 0 radical (unpaired) electrons. The molecule has 4 aromatic rings. The molecule has 0 aliphatic carbocycles. The first-order chi connectivity index (χ1) is 20.9. The Hall–Kier alpha value is -3.33. The highest BCUT2D eigenvalue weighted by molar-refractivity contribution is 7.47. The highest BCUT2D eigenvalue weighted by atomic mass is 31.2. The number of hydrogen-bond acceptors (Lipinski definition) is 16. The molecule has 236 valence electrons. The molecule has 23 heteroatoms. The Morgan fingerprint density at radius 1 is 0.955 bits per heavy atom. The third-order valence-corrected chi connectivity index (χ3v) is 9.39. The SMILES string of the molecule is Nc1nc2c(ncn2[C@@H]2O[C@@H]3COP(=O)(O)O[C@H]4C[C@H](n5ccc6c(N)ncnc65)O[C@@H]4COP(=O)(O)O[C@@H]2[C@@H]3O)c(=O)[nH]1. The number of nitrogens with two attached hydrogens (primary N) is 2. The van der Waals surface area contributed by atoms with Crippen molar-refractivity contribution in [3.8, 4) is 0 Å². The fraction of sp³-hybridized carbons (Fsp3) is 0.476. The van der Waals surface area contributed by atoms with Crippen LogP contribution in [0.3, 0.4) is 0 Å². The number of nitrogens with one attached hydrogen (secondary N) is 1. The first-order valence-corrected chi connectivity index (χ1v) is 16.0. The lowest BCUT2D eigenvalue weighted by Gasteiger charge is -2.25. The zero-order valence-electron chi connectivity index (χ0n) is 22.2. The van der Waals surface area contributed by atoms with Crippen LogP contribution in [0.1, 0.15) is 18.9 Å². The number of aliphatic hydroxyl groups excluding tert-OH is 1. The number of phosphoric acid groups is 2. The zero-order chi connectivity index (χ0) is 31.0. The standard InChI is InChI=1S/C21H25N9O12P2/c22-16-8-1-2-29(17(8)25-6-24-16)12-3-9-10(39-12)4-37-44(35,36)42-15-14(31)11(5-38-43(33,34)41-9)40-20(15)30-7-26-13-18(30)27-21(23)28-19(13)32/h1-2,6-7,9-12,14-15,20,31H,3-5H2,(H,33,34)(H,35,36)(H2,22,24,25)(H3,23,27,28,32)/t9-,10+,11+,12+,14+,15+,20+/m0/s1. The van der Waals surface area contributed by atoms with E-state index in [0.29, 0.717) is 11.0 Å². The molecule has 0 aromatic carbocycles. The summed E-state index contributed by atoms with van der Waals surface area (Å²) in [6, 6.07) is 1.66. The lowest BCUT2D eigenvalue weighted by molar-refractivity contribution is -0.0669. The van der Waals surface area contributed by atoms with Crippen LogP contribution < -0.4 is 17.0 Å². The largest absolute Gasteiger partial charge is 0.472 e. The molecule has 3 saturated heterocycles. The maximum Gasteiger partial charge on any atom is 0.472 e. The van der Waals surface area contributed by atoms with Crippen LogP contribution in [0.15, 0.2) is 29.7 Å². The van der Waals surface area contributed by atoms with E-state index in [2.05, 4.69) is 24.9 Å². The van der Waals surface area contributed by atoms with Crippen molar-refractivity contribution in [1.82, 2.24) is 34.1 Å². The monoisotopic (exact) mass is 657 g/mol. The topological polar surface area (TPSA) is 297 Å². The van der Waals surface area contributed by atoms with Crippen molar-refractivity contribution in [1.29, 1.82) is 0 Å². The van der Waals surface area contributed by atoms with Crippen LogP contribution in [-0.2, 0) is 36.7 Å². The quantitative estimate of drug-likeness (QED) is 0.145. The van der Waals surface area contributed by atoms with Crippen LogP contribution in [0.2, 0.25) is 0 Å². The van der Waals surface area contributed by atoms with Gasteiger partial charge in [0.15, 0.2) is 17.4 Å². The average molecular weight is 657 g/mol. The molecular weight excluding hydrogens is 632 g/mol. The summed E-state index contributed by atoms with van der Waals surface area (Å²) in [4.78, 5) is 52.0. The normalized spacial score (nSPS) is 36.6. The molecule has 8 N–H and O–H groups in total. The van der Waals surface area contributed by atoms with Crippen molar-refractivity contribution < 1.29 is 51.6 Å². The van der Waals surface area contributed by atoms with E-state index >= 15 is 0 Å². The summed E-state index contributed by atoms with van der Waals surface area (Å²) in [6.07, 6.45) is -5.38. The molecule has 7 heterocycles. The van der Waals surface area contributed by atoms with E-state index in [1.165, 1.54) is 6.33 Å². The number of aromatic amines is 1. The van der Waals surface area contributed by atoms with Gasteiger partial charge in [0.05, 0.1) is 24.9 Å². The summed E-state index contributed by atoms with van der Waals surface area (Å²) in [7, 11) is -9.85. The highest BCUT2D eigenvalue weighted by Gasteiger charge is 2.52. The molecule has 7 rings (SSSR count). The van der Waals surface area contributed by atoms with Gasteiger partial charge >= 0.3 is 15.6 Å². The van der Waals surface area contributed by atoms with E-state index in [0.717, 1.165) is 10.9 Å². The average Bonchev–Trinajstić information content (AvgIpc) is 3.72. The first-order valence-electron chi connectivity index (χ1n) is 13.0. The third-order valence-electron chi connectivity index (χ3n) is 7.40. The maximum absolute atomic E-state index is 13.2. The molecule has 0 amide bonds. The first kappa shape index (κ1) is 29.4. The number of imidazole rings is 1. The van der Waals surface area contributed by atoms with Crippen molar-refractivity contribution in [3.63, 3.8) is 0 Å². The minimum absolute atomic E-state index is 0.0254. The van der Waals surface area contributed by atoms with Gasteiger partial charge < -0.3 is 40.4 Å². The minimum atomic E-state index is -5.00. The number of aliphatic hydroxyl groups is 1. The molecule has 3 fully saturated rings. The fourth-order valence-corrected chi connectivity index (χ4v) is 7.29. The number of rotatable bonds is 2. The van der Waals surface area contributed by atoms with E-state index in [-0.39, 0.29) is 29.4 Å². The van der Waals surface area contributed by atoms with Crippen LogP contribution in [0.25, 0.3) is 22.2 Å². The molecule has 0 saturated carbocycles. The molecule has 21 nitrogen and oxygen atoms in total. The Balaban J connectivity index is 1.19. The van der Waals surface area contributed by atoms with Crippen LogP contribution in [0.5, 0.6) is 0 Å². The summed E-state index contributed by atoms with van der Waals surface area (Å²) >= 11 is 0. The van der Waals surface area contributed by atoms with Gasteiger partial charge in [-0.25, -0.2) is 24.1 Å². The van der Waals surface area contributed by atoms with E-state index in [4.69, 9.17) is 39.0 Å². The van der Waals surface area contributed by atoms with Crippen LogP contribution in [0.4, 0.5) is 11.8 Å². The highest BCUT2D eigenvalue weighted by Crippen LogP contribution is 2.53. The Labute approximate surface area is 244 Å². The Morgan fingerprint density at radius 3 is 2.50 bits per heavy atom. The van der Waals surface area contributed by atoms with Crippen LogP contribution in [0, 0.1) is 0 Å². The van der Waals surface area contributed by atoms with Gasteiger partial charge in [-0.05, 0) is 6.07 Å². The van der Waals surface area contributed by atoms with Crippen molar-refractivity contribution in [2.45, 2.75) is 49.4 Å². The minimum Gasteiger partial charge on any atom is -0.387 e. The second kappa shape index (κ2) is 10.6. The van der Waals surface area contributed by atoms with Crippen molar-refractivity contribution in [2.24, 2.45) is 0 Å². The Morgan fingerprint density at radius 2 is 1.70 bits per heavy atom. The number of anilines is 2. The number of ether oxygens (including phenoxy) is 2. The summed E-state index contributed by atoms with van der Waals surface area (Å²) in [5.74, 6) is -0.0299. The van der Waals surface area contributed by atoms with Gasteiger partial charge in [-0.1, -0.05) is 0 Å². The molecule has 2 unspecified atom stereocenters. The lowest BCUT2D eigenvalue weighted by Crippen LogP contribution is -2.35. The van der Waals surface area contributed by atoms with Gasteiger partial charge in [0.25, 0.3) is 5.56 Å². The molecule has 9 atom stereocenters. The third kappa shape index (κ3) is 5.21. The molecular formula is C21H25N9O12P2. The smallest absolute Gasteiger partial charge is 0.387 e. The van der Waals surface area contributed by atoms with E-state index in [1.807, 2.05) is 0 Å². The van der Waals surface area contributed by atoms with Gasteiger partial charge in [-0.15, -0.1) is 0 Å². The van der Waals surface area contributed by atoms with Crippen molar-refractivity contribution >= 4 is 49.6 Å². The predicted molar refractivity (Wildman–Crippen MR) is 144 cm³/mol. The molecule has 4 aromatic heterocycles. The summed E-state index contributed by atoms with van der Waals surface area (Å²) in [5.41, 5.74) is 11.1. The molecule has 0 spiro atoms. The van der Waals surface area contributed by atoms with Crippen molar-refractivity contribution in [2.75, 3.05) is 24.7 Å².